The average Bonchev–Trinajstić information content (AvgIpc) is 2.33. The van der Waals surface area contributed by atoms with Crippen molar-refractivity contribution in [3.05, 3.63) is 34.3 Å². The third kappa shape index (κ3) is 3.16. The van der Waals surface area contributed by atoms with E-state index < -0.39 is 6.04 Å². The fourth-order valence-electron chi connectivity index (χ4n) is 2.39. The fraction of sp³-hybridized carbons (Fsp3) is 0.500. The van der Waals surface area contributed by atoms with Crippen molar-refractivity contribution in [2.24, 2.45) is 5.73 Å². The molecule has 5 heteroatoms. The van der Waals surface area contributed by atoms with Gasteiger partial charge in [-0.05, 0) is 37.0 Å². The number of hydrogen-bond acceptors (Lipinski definition) is 3. The maximum atomic E-state index is 12.1. The van der Waals surface area contributed by atoms with Gasteiger partial charge in [0.1, 0.15) is 6.04 Å². The largest absolute Gasteiger partial charge is 0.383 e. The number of ether oxygens (including phenoxy) is 1. The molecule has 0 heterocycles. The minimum atomic E-state index is -0.616. The summed E-state index contributed by atoms with van der Waals surface area (Å²) in [6.07, 6.45) is 3.02. The van der Waals surface area contributed by atoms with Crippen molar-refractivity contribution in [1.29, 1.82) is 0 Å². The molecule has 19 heavy (non-hydrogen) atoms. The van der Waals surface area contributed by atoms with Gasteiger partial charge >= 0.3 is 0 Å². The smallest absolute Gasteiger partial charge is 0.239 e. The number of carbonyl (C=O) groups excluding carboxylic acids is 1. The summed E-state index contributed by atoms with van der Waals surface area (Å²) in [4.78, 5) is 12.1. The van der Waals surface area contributed by atoms with E-state index in [0.717, 1.165) is 29.3 Å². The Labute approximate surface area is 121 Å². The number of hydrogen-bond donors (Lipinski definition) is 2. The predicted octanol–water partition coefficient (Wildman–Crippen LogP) is 1.92. The first-order valence-corrected chi connectivity index (χ1v) is 7.19. The Morgan fingerprint density at radius 3 is 2.84 bits per heavy atom. The summed E-state index contributed by atoms with van der Waals surface area (Å²) in [5, 5.41) is 3.09. The van der Waals surface area contributed by atoms with E-state index in [1.54, 1.807) is 7.11 Å². The van der Waals surface area contributed by atoms with Crippen molar-refractivity contribution >= 4 is 21.8 Å². The number of halogens is 1. The van der Waals surface area contributed by atoms with Crippen LogP contribution in [0.15, 0.2) is 28.7 Å². The van der Waals surface area contributed by atoms with E-state index in [-0.39, 0.29) is 18.1 Å². The van der Waals surface area contributed by atoms with E-state index in [9.17, 15) is 4.79 Å². The molecule has 1 atom stereocenters. The van der Waals surface area contributed by atoms with Crippen LogP contribution in [0.1, 0.15) is 24.8 Å². The molecule has 1 unspecified atom stereocenters. The van der Waals surface area contributed by atoms with Crippen LogP contribution in [0.4, 0.5) is 0 Å². The standard InChI is InChI=1S/C14H19BrN2O2/c1-19-9-12(16)13(18)17-14(6-3-7-14)10-4-2-5-11(15)8-10/h2,4-5,8,12H,3,6-7,9,16H2,1H3,(H,17,18). The molecule has 1 aliphatic rings. The maximum Gasteiger partial charge on any atom is 0.239 e. The topological polar surface area (TPSA) is 64.3 Å². The summed E-state index contributed by atoms with van der Waals surface area (Å²) in [5.74, 6) is -0.151. The maximum absolute atomic E-state index is 12.1. The molecule has 2 rings (SSSR count). The monoisotopic (exact) mass is 326 g/mol. The second-order valence-electron chi connectivity index (χ2n) is 5.00. The van der Waals surface area contributed by atoms with Gasteiger partial charge in [-0.1, -0.05) is 28.1 Å². The summed E-state index contributed by atoms with van der Waals surface area (Å²) < 4.78 is 5.94. The molecule has 1 fully saturated rings. The lowest BCUT2D eigenvalue weighted by molar-refractivity contribution is -0.126. The molecule has 104 valence electrons. The Balaban J connectivity index is 2.13. The van der Waals surface area contributed by atoms with E-state index in [4.69, 9.17) is 10.5 Å². The Morgan fingerprint density at radius 1 is 1.58 bits per heavy atom. The zero-order valence-electron chi connectivity index (χ0n) is 11.0. The summed E-state index contributed by atoms with van der Waals surface area (Å²) in [6.45, 7) is 0.237. The Hall–Kier alpha value is -0.910. The van der Waals surface area contributed by atoms with Gasteiger partial charge in [-0.2, -0.15) is 0 Å². The molecule has 0 bridgehead atoms. The number of benzene rings is 1. The molecule has 0 aliphatic heterocycles. The summed E-state index contributed by atoms with van der Waals surface area (Å²) in [7, 11) is 1.54. The van der Waals surface area contributed by atoms with Gasteiger partial charge in [-0.15, -0.1) is 0 Å². The lowest BCUT2D eigenvalue weighted by Gasteiger charge is -2.43. The first-order chi connectivity index (χ1) is 9.07. The van der Waals surface area contributed by atoms with Crippen LogP contribution in [0.2, 0.25) is 0 Å². The second kappa shape index (κ2) is 6.03. The van der Waals surface area contributed by atoms with Crippen molar-refractivity contribution in [2.45, 2.75) is 30.8 Å². The molecule has 3 N–H and O–H groups in total. The highest BCUT2D eigenvalue weighted by molar-refractivity contribution is 9.10. The molecular weight excluding hydrogens is 308 g/mol. The number of nitrogens with two attached hydrogens (primary N) is 1. The quantitative estimate of drug-likeness (QED) is 0.868. The van der Waals surface area contributed by atoms with Crippen molar-refractivity contribution < 1.29 is 9.53 Å². The summed E-state index contributed by atoms with van der Waals surface area (Å²) >= 11 is 3.47. The SMILES string of the molecule is COCC(N)C(=O)NC1(c2cccc(Br)c2)CCC1. The van der Waals surface area contributed by atoms with Crippen LogP contribution in [-0.4, -0.2) is 25.7 Å². The zero-order valence-corrected chi connectivity index (χ0v) is 12.6. The van der Waals surface area contributed by atoms with Crippen LogP contribution in [0.3, 0.4) is 0 Å². The van der Waals surface area contributed by atoms with E-state index in [0.29, 0.717) is 0 Å². The Bertz CT molecular complexity index is 461. The van der Waals surface area contributed by atoms with Crippen LogP contribution in [0.5, 0.6) is 0 Å². The molecule has 1 amide bonds. The summed E-state index contributed by atoms with van der Waals surface area (Å²) in [5.41, 5.74) is 6.65. The number of carbonyl (C=O) groups is 1. The van der Waals surface area contributed by atoms with Crippen molar-refractivity contribution in [1.82, 2.24) is 5.32 Å². The average molecular weight is 327 g/mol. The van der Waals surface area contributed by atoms with E-state index in [1.807, 2.05) is 18.2 Å². The van der Waals surface area contributed by atoms with Crippen molar-refractivity contribution in [3.8, 4) is 0 Å². The highest BCUT2D eigenvalue weighted by atomic mass is 79.9. The van der Waals surface area contributed by atoms with Gasteiger partial charge in [-0.3, -0.25) is 4.79 Å². The fourth-order valence-corrected chi connectivity index (χ4v) is 2.79. The molecule has 0 spiro atoms. The second-order valence-corrected chi connectivity index (χ2v) is 5.91. The minimum Gasteiger partial charge on any atom is -0.383 e. The third-order valence-corrected chi connectivity index (χ3v) is 4.12. The normalized spacial score (nSPS) is 18.5. The van der Waals surface area contributed by atoms with Gasteiger partial charge in [0.2, 0.25) is 5.91 Å². The van der Waals surface area contributed by atoms with Crippen LogP contribution < -0.4 is 11.1 Å². The van der Waals surface area contributed by atoms with E-state index in [2.05, 4.69) is 27.3 Å². The lowest BCUT2D eigenvalue weighted by atomic mass is 9.71. The lowest BCUT2D eigenvalue weighted by Crippen LogP contribution is -2.56. The third-order valence-electron chi connectivity index (χ3n) is 3.63. The van der Waals surface area contributed by atoms with Crippen molar-refractivity contribution in [3.63, 3.8) is 0 Å². The van der Waals surface area contributed by atoms with Crippen LogP contribution in [0.25, 0.3) is 0 Å². The van der Waals surface area contributed by atoms with Crippen LogP contribution in [-0.2, 0) is 15.1 Å². The van der Waals surface area contributed by atoms with E-state index >= 15 is 0 Å². The number of rotatable bonds is 5. The molecular formula is C14H19BrN2O2. The molecule has 1 aromatic rings. The number of nitrogens with one attached hydrogen (secondary N) is 1. The van der Waals surface area contributed by atoms with Gasteiger partial charge in [0.15, 0.2) is 0 Å². The molecule has 0 saturated heterocycles. The van der Waals surface area contributed by atoms with Gasteiger partial charge < -0.3 is 15.8 Å². The predicted molar refractivity (Wildman–Crippen MR) is 77.7 cm³/mol. The highest BCUT2D eigenvalue weighted by Crippen LogP contribution is 2.41. The number of methoxy groups -OCH3 is 1. The zero-order chi connectivity index (χ0) is 13.9. The molecule has 1 aromatic carbocycles. The van der Waals surface area contributed by atoms with Crippen molar-refractivity contribution in [2.75, 3.05) is 13.7 Å². The Morgan fingerprint density at radius 2 is 2.32 bits per heavy atom. The molecule has 1 saturated carbocycles. The molecule has 0 aromatic heterocycles. The van der Waals surface area contributed by atoms with Gasteiger partial charge in [-0.25, -0.2) is 0 Å². The van der Waals surface area contributed by atoms with Crippen LogP contribution >= 0.6 is 15.9 Å². The minimum absolute atomic E-state index is 0.151. The van der Waals surface area contributed by atoms with E-state index in [1.165, 1.54) is 0 Å². The first kappa shape index (κ1) is 14.5. The molecule has 0 radical (unpaired) electrons. The molecule has 4 nitrogen and oxygen atoms in total. The van der Waals surface area contributed by atoms with Gasteiger partial charge in [0.05, 0.1) is 12.1 Å². The number of amides is 1. The Kier molecular flexibility index (Phi) is 4.60. The van der Waals surface area contributed by atoms with Gasteiger partial charge in [0.25, 0.3) is 0 Å². The first-order valence-electron chi connectivity index (χ1n) is 6.40. The molecule has 1 aliphatic carbocycles. The van der Waals surface area contributed by atoms with Crippen LogP contribution in [0, 0.1) is 0 Å². The highest BCUT2D eigenvalue weighted by Gasteiger charge is 2.40. The summed E-state index contributed by atoms with van der Waals surface area (Å²) in [6, 6.07) is 7.46. The van der Waals surface area contributed by atoms with Gasteiger partial charge in [0, 0.05) is 11.6 Å².